The Morgan fingerprint density at radius 1 is 1.13 bits per heavy atom. The van der Waals surface area contributed by atoms with Crippen LogP contribution in [0.4, 0.5) is 0 Å². The minimum absolute atomic E-state index is 0.289. The van der Waals surface area contributed by atoms with E-state index in [1.54, 1.807) is 6.07 Å². The fourth-order valence-corrected chi connectivity index (χ4v) is 2.20. The van der Waals surface area contributed by atoms with Gasteiger partial charge in [-0.05, 0) is 45.5 Å². The van der Waals surface area contributed by atoms with Crippen molar-refractivity contribution in [1.82, 2.24) is 0 Å². The summed E-state index contributed by atoms with van der Waals surface area (Å²) >= 11 is 2.26. The van der Waals surface area contributed by atoms with E-state index in [2.05, 4.69) is 22.6 Å². The summed E-state index contributed by atoms with van der Waals surface area (Å²) in [5.74, 6) is -0.289. The first-order valence-electron chi connectivity index (χ1n) is 4.49. The molecule has 0 aliphatic rings. The minimum atomic E-state index is -0.289. The van der Waals surface area contributed by atoms with Gasteiger partial charge in [0.1, 0.15) is 0 Å². The Bertz CT molecular complexity index is 520. The molecule has 0 saturated heterocycles. The van der Waals surface area contributed by atoms with Gasteiger partial charge >= 0.3 is 5.97 Å². The minimum Gasteiger partial charge on any atom is -0.465 e. The van der Waals surface area contributed by atoms with Crippen LogP contribution in [0.2, 0.25) is 0 Å². The van der Waals surface area contributed by atoms with Gasteiger partial charge in [-0.15, -0.1) is 0 Å². The van der Waals surface area contributed by atoms with Crippen LogP contribution in [-0.4, -0.2) is 13.1 Å². The van der Waals surface area contributed by atoms with Gasteiger partial charge < -0.3 is 4.74 Å². The third kappa shape index (κ3) is 1.84. The molecular weight excluding hydrogens is 303 g/mol. The molecule has 0 atom stereocenters. The lowest BCUT2D eigenvalue weighted by Gasteiger charge is -2.05. The largest absolute Gasteiger partial charge is 0.465 e. The van der Waals surface area contributed by atoms with Gasteiger partial charge in [0.25, 0.3) is 0 Å². The highest BCUT2D eigenvalue weighted by Crippen LogP contribution is 2.24. The van der Waals surface area contributed by atoms with Crippen molar-refractivity contribution in [3.8, 4) is 0 Å². The number of methoxy groups -OCH3 is 1. The SMILES string of the molecule is COC(=O)c1ccc(I)c2ccccc12. The quantitative estimate of drug-likeness (QED) is 0.597. The van der Waals surface area contributed by atoms with Crippen molar-refractivity contribution < 1.29 is 9.53 Å². The first-order valence-corrected chi connectivity index (χ1v) is 5.57. The predicted octanol–water partition coefficient (Wildman–Crippen LogP) is 3.23. The molecule has 2 aromatic carbocycles. The number of rotatable bonds is 1. The number of fused-ring (bicyclic) bond motifs is 1. The smallest absolute Gasteiger partial charge is 0.338 e. The Morgan fingerprint density at radius 2 is 1.80 bits per heavy atom. The van der Waals surface area contributed by atoms with Crippen molar-refractivity contribution in [2.45, 2.75) is 0 Å². The Hall–Kier alpha value is -1.10. The van der Waals surface area contributed by atoms with Crippen LogP contribution in [0.15, 0.2) is 36.4 Å². The van der Waals surface area contributed by atoms with Crippen molar-refractivity contribution in [2.75, 3.05) is 7.11 Å². The van der Waals surface area contributed by atoms with Crippen LogP contribution in [0.5, 0.6) is 0 Å². The maximum atomic E-state index is 11.5. The zero-order valence-corrected chi connectivity index (χ0v) is 10.3. The number of benzene rings is 2. The lowest BCUT2D eigenvalue weighted by atomic mass is 10.1. The van der Waals surface area contributed by atoms with E-state index in [9.17, 15) is 4.79 Å². The van der Waals surface area contributed by atoms with E-state index >= 15 is 0 Å². The number of hydrogen-bond donors (Lipinski definition) is 0. The molecule has 0 bridgehead atoms. The van der Waals surface area contributed by atoms with E-state index in [0.29, 0.717) is 5.56 Å². The van der Waals surface area contributed by atoms with Crippen molar-refractivity contribution in [3.05, 3.63) is 45.5 Å². The normalized spacial score (nSPS) is 10.3. The zero-order chi connectivity index (χ0) is 10.8. The molecule has 0 heterocycles. The second-order valence-corrected chi connectivity index (χ2v) is 4.29. The van der Waals surface area contributed by atoms with Crippen LogP contribution in [-0.2, 0) is 4.74 Å². The fraction of sp³-hybridized carbons (Fsp3) is 0.0833. The third-order valence-electron chi connectivity index (χ3n) is 2.28. The fourth-order valence-electron chi connectivity index (χ4n) is 1.55. The summed E-state index contributed by atoms with van der Waals surface area (Å²) in [5.41, 5.74) is 0.619. The van der Waals surface area contributed by atoms with Crippen LogP contribution in [0.1, 0.15) is 10.4 Å². The molecule has 2 rings (SSSR count). The molecule has 2 aromatic rings. The second kappa shape index (κ2) is 4.18. The molecule has 0 amide bonds. The van der Waals surface area contributed by atoms with Gasteiger partial charge in [-0.2, -0.15) is 0 Å². The lowest BCUT2D eigenvalue weighted by molar-refractivity contribution is 0.0603. The molecule has 0 radical (unpaired) electrons. The zero-order valence-electron chi connectivity index (χ0n) is 8.16. The number of esters is 1. The summed E-state index contributed by atoms with van der Waals surface area (Å²) in [6, 6.07) is 11.6. The van der Waals surface area contributed by atoms with Crippen molar-refractivity contribution in [2.24, 2.45) is 0 Å². The Morgan fingerprint density at radius 3 is 2.47 bits per heavy atom. The topological polar surface area (TPSA) is 26.3 Å². The number of carbonyl (C=O) groups excluding carboxylic acids is 1. The van der Waals surface area contributed by atoms with Crippen molar-refractivity contribution in [1.29, 1.82) is 0 Å². The molecular formula is C12H9IO2. The van der Waals surface area contributed by atoms with Gasteiger partial charge in [0, 0.05) is 3.57 Å². The lowest BCUT2D eigenvalue weighted by Crippen LogP contribution is -2.02. The van der Waals surface area contributed by atoms with Gasteiger partial charge in [-0.3, -0.25) is 0 Å². The molecule has 0 aliphatic heterocycles. The predicted molar refractivity (Wildman–Crippen MR) is 68.0 cm³/mol. The Labute approximate surface area is 101 Å². The first kappa shape index (κ1) is 10.4. The molecule has 0 N–H and O–H groups in total. The van der Waals surface area contributed by atoms with Crippen molar-refractivity contribution in [3.63, 3.8) is 0 Å². The maximum Gasteiger partial charge on any atom is 0.338 e. The second-order valence-electron chi connectivity index (χ2n) is 3.13. The summed E-state index contributed by atoms with van der Waals surface area (Å²) in [6.07, 6.45) is 0. The summed E-state index contributed by atoms with van der Waals surface area (Å²) in [6.45, 7) is 0. The summed E-state index contributed by atoms with van der Waals surface area (Å²) in [4.78, 5) is 11.5. The monoisotopic (exact) mass is 312 g/mol. The average Bonchev–Trinajstić information content (AvgIpc) is 2.29. The van der Waals surface area contributed by atoms with Crippen LogP contribution in [0.25, 0.3) is 10.8 Å². The summed E-state index contributed by atoms with van der Waals surface area (Å²) in [5, 5.41) is 2.03. The van der Waals surface area contributed by atoms with Crippen LogP contribution >= 0.6 is 22.6 Å². The van der Waals surface area contributed by atoms with Gasteiger partial charge in [0.15, 0.2) is 0 Å². The molecule has 15 heavy (non-hydrogen) atoms. The highest BCUT2D eigenvalue weighted by atomic mass is 127. The van der Waals surface area contributed by atoms with Gasteiger partial charge in [-0.1, -0.05) is 24.3 Å². The van der Waals surface area contributed by atoms with E-state index in [1.165, 1.54) is 7.11 Å². The molecule has 0 saturated carbocycles. The Kier molecular flexibility index (Phi) is 2.90. The average molecular weight is 312 g/mol. The molecule has 0 unspecified atom stereocenters. The number of hydrogen-bond acceptors (Lipinski definition) is 2. The molecule has 0 spiro atoms. The molecule has 3 heteroatoms. The highest BCUT2D eigenvalue weighted by Gasteiger charge is 2.10. The molecule has 2 nitrogen and oxygen atoms in total. The van der Waals surface area contributed by atoms with E-state index < -0.39 is 0 Å². The maximum absolute atomic E-state index is 11.5. The van der Waals surface area contributed by atoms with E-state index in [1.807, 2.05) is 30.3 Å². The highest BCUT2D eigenvalue weighted by molar-refractivity contribution is 14.1. The van der Waals surface area contributed by atoms with Crippen LogP contribution in [0, 0.1) is 3.57 Å². The van der Waals surface area contributed by atoms with E-state index in [-0.39, 0.29) is 5.97 Å². The molecule has 0 aromatic heterocycles. The summed E-state index contributed by atoms with van der Waals surface area (Å²) in [7, 11) is 1.40. The number of carbonyl (C=O) groups is 1. The van der Waals surface area contributed by atoms with Gasteiger partial charge in [0.05, 0.1) is 12.7 Å². The van der Waals surface area contributed by atoms with E-state index in [0.717, 1.165) is 14.3 Å². The Balaban J connectivity index is 2.77. The van der Waals surface area contributed by atoms with Crippen LogP contribution in [0.3, 0.4) is 0 Å². The summed E-state index contributed by atoms with van der Waals surface area (Å²) < 4.78 is 5.88. The third-order valence-corrected chi connectivity index (χ3v) is 3.22. The molecule has 0 aliphatic carbocycles. The van der Waals surface area contributed by atoms with Crippen LogP contribution < -0.4 is 0 Å². The molecule has 76 valence electrons. The van der Waals surface area contributed by atoms with Gasteiger partial charge in [-0.25, -0.2) is 4.79 Å². The number of halogens is 1. The standard InChI is InChI=1S/C12H9IO2/c1-15-12(14)10-6-7-11(13)9-5-3-2-4-8(9)10/h2-7H,1H3. The van der Waals surface area contributed by atoms with Crippen molar-refractivity contribution >= 4 is 39.3 Å². The first-order chi connectivity index (χ1) is 7.24. The number of ether oxygens (including phenoxy) is 1. The van der Waals surface area contributed by atoms with E-state index in [4.69, 9.17) is 4.74 Å². The molecule has 0 fully saturated rings. The van der Waals surface area contributed by atoms with Gasteiger partial charge in [0.2, 0.25) is 0 Å².